The summed E-state index contributed by atoms with van der Waals surface area (Å²) in [6, 6.07) is 7.89. The van der Waals surface area contributed by atoms with Crippen molar-refractivity contribution in [3.63, 3.8) is 0 Å². The second kappa shape index (κ2) is 7.10. The zero-order valence-corrected chi connectivity index (χ0v) is 11.7. The van der Waals surface area contributed by atoms with Crippen molar-refractivity contribution in [3.05, 3.63) is 42.5 Å². The first-order chi connectivity index (χ1) is 9.70. The Kier molecular flexibility index (Phi) is 5.18. The molecule has 108 valence electrons. The molecule has 1 aliphatic carbocycles. The molecule has 2 rings (SSSR count). The molecule has 2 atom stereocenters. The molecule has 0 heterocycles. The zero-order chi connectivity index (χ0) is 14.4. The predicted molar refractivity (Wildman–Crippen MR) is 79.3 cm³/mol. The third kappa shape index (κ3) is 3.84. The van der Waals surface area contributed by atoms with Crippen molar-refractivity contribution in [2.45, 2.75) is 31.8 Å². The van der Waals surface area contributed by atoms with E-state index in [0.717, 1.165) is 30.6 Å². The van der Waals surface area contributed by atoms with Crippen LogP contribution in [0.2, 0.25) is 0 Å². The molecule has 1 aliphatic rings. The van der Waals surface area contributed by atoms with Gasteiger partial charge in [-0.05, 0) is 25.3 Å². The third-order valence-electron chi connectivity index (χ3n) is 3.63. The summed E-state index contributed by atoms with van der Waals surface area (Å²) < 4.78 is 5.57. The molecule has 0 spiro atoms. The summed E-state index contributed by atoms with van der Waals surface area (Å²) in [5.74, 6) is 0.943. The zero-order valence-electron chi connectivity index (χ0n) is 11.7. The summed E-state index contributed by atoms with van der Waals surface area (Å²) in [4.78, 5) is 12.1. The fourth-order valence-corrected chi connectivity index (χ4v) is 2.52. The topological polar surface area (TPSA) is 64.3 Å². The van der Waals surface area contributed by atoms with Gasteiger partial charge < -0.3 is 15.8 Å². The molecule has 1 aromatic carbocycles. The minimum atomic E-state index is 0.0613. The van der Waals surface area contributed by atoms with Crippen LogP contribution in [-0.2, 0) is 11.3 Å². The average Bonchev–Trinajstić information content (AvgIpc) is 2.90. The molecule has 0 saturated heterocycles. The SMILES string of the molecule is C=CCOc1ccccc1CNC(=O)C1CCC(N)C1. The highest BCUT2D eigenvalue weighted by Gasteiger charge is 2.27. The number of hydrogen-bond donors (Lipinski definition) is 2. The van der Waals surface area contributed by atoms with Gasteiger partial charge in [0.15, 0.2) is 0 Å². The molecular weight excluding hydrogens is 252 g/mol. The highest BCUT2D eigenvalue weighted by Crippen LogP contribution is 2.24. The van der Waals surface area contributed by atoms with E-state index in [2.05, 4.69) is 11.9 Å². The van der Waals surface area contributed by atoms with Gasteiger partial charge >= 0.3 is 0 Å². The lowest BCUT2D eigenvalue weighted by molar-refractivity contribution is -0.125. The van der Waals surface area contributed by atoms with E-state index in [4.69, 9.17) is 10.5 Å². The quantitative estimate of drug-likeness (QED) is 0.780. The van der Waals surface area contributed by atoms with Gasteiger partial charge in [0.2, 0.25) is 5.91 Å². The molecule has 0 aromatic heterocycles. The number of para-hydroxylation sites is 1. The normalized spacial score (nSPS) is 21.4. The van der Waals surface area contributed by atoms with Gasteiger partial charge in [-0.25, -0.2) is 0 Å². The average molecular weight is 274 g/mol. The number of carbonyl (C=O) groups excluding carboxylic acids is 1. The monoisotopic (exact) mass is 274 g/mol. The summed E-state index contributed by atoms with van der Waals surface area (Å²) in [7, 11) is 0. The summed E-state index contributed by atoms with van der Waals surface area (Å²) in [5.41, 5.74) is 6.82. The van der Waals surface area contributed by atoms with E-state index in [9.17, 15) is 4.79 Å². The lowest BCUT2D eigenvalue weighted by atomic mass is 10.1. The Morgan fingerprint density at radius 1 is 1.45 bits per heavy atom. The molecule has 4 heteroatoms. The molecule has 0 bridgehead atoms. The molecule has 0 radical (unpaired) electrons. The molecule has 0 aliphatic heterocycles. The number of hydrogen-bond acceptors (Lipinski definition) is 3. The van der Waals surface area contributed by atoms with Crippen LogP contribution in [0.4, 0.5) is 0 Å². The van der Waals surface area contributed by atoms with Crippen molar-refractivity contribution < 1.29 is 9.53 Å². The fraction of sp³-hybridized carbons (Fsp3) is 0.438. The number of nitrogens with one attached hydrogen (secondary N) is 1. The maximum Gasteiger partial charge on any atom is 0.223 e. The Balaban J connectivity index is 1.90. The van der Waals surface area contributed by atoms with E-state index < -0.39 is 0 Å². The van der Waals surface area contributed by atoms with Gasteiger partial charge in [-0.15, -0.1) is 0 Å². The number of amides is 1. The van der Waals surface area contributed by atoms with E-state index in [-0.39, 0.29) is 17.9 Å². The van der Waals surface area contributed by atoms with Crippen molar-refractivity contribution in [2.75, 3.05) is 6.61 Å². The van der Waals surface area contributed by atoms with Crippen LogP contribution >= 0.6 is 0 Å². The van der Waals surface area contributed by atoms with Crippen LogP contribution < -0.4 is 15.8 Å². The summed E-state index contributed by atoms with van der Waals surface area (Å²) >= 11 is 0. The van der Waals surface area contributed by atoms with Crippen LogP contribution in [0, 0.1) is 5.92 Å². The minimum Gasteiger partial charge on any atom is -0.489 e. The Morgan fingerprint density at radius 3 is 2.95 bits per heavy atom. The summed E-state index contributed by atoms with van der Waals surface area (Å²) in [6.45, 7) is 4.58. The highest BCUT2D eigenvalue weighted by atomic mass is 16.5. The van der Waals surface area contributed by atoms with Crippen molar-refractivity contribution in [1.82, 2.24) is 5.32 Å². The van der Waals surface area contributed by atoms with E-state index >= 15 is 0 Å². The number of carbonyl (C=O) groups is 1. The van der Waals surface area contributed by atoms with E-state index in [1.54, 1.807) is 6.08 Å². The second-order valence-corrected chi connectivity index (χ2v) is 5.20. The largest absolute Gasteiger partial charge is 0.489 e. The Labute approximate surface area is 120 Å². The van der Waals surface area contributed by atoms with Crippen LogP contribution in [0.15, 0.2) is 36.9 Å². The molecule has 2 unspecified atom stereocenters. The number of benzene rings is 1. The Hall–Kier alpha value is -1.81. The van der Waals surface area contributed by atoms with Crippen molar-refractivity contribution in [2.24, 2.45) is 11.7 Å². The Bertz CT molecular complexity index is 473. The third-order valence-corrected chi connectivity index (χ3v) is 3.63. The lowest BCUT2D eigenvalue weighted by Crippen LogP contribution is -2.30. The van der Waals surface area contributed by atoms with Crippen LogP contribution in [0.25, 0.3) is 0 Å². The first-order valence-electron chi connectivity index (χ1n) is 7.05. The van der Waals surface area contributed by atoms with Gasteiger partial charge in [-0.1, -0.05) is 30.9 Å². The van der Waals surface area contributed by atoms with E-state index in [0.29, 0.717) is 13.2 Å². The molecule has 1 aromatic rings. The lowest BCUT2D eigenvalue weighted by Gasteiger charge is -2.13. The minimum absolute atomic E-state index is 0.0613. The predicted octanol–water partition coefficient (Wildman–Crippen LogP) is 2.00. The Morgan fingerprint density at radius 2 is 2.25 bits per heavy atom. The molecule has 3 N–H and O–H groups in total. The molecule has 1 amide bonds. The molecule has 1 saturated carbocycles. The second-order valence-electron chi connectivity index (χ2n) is 5.20. The smallest absolute Gasteiger partial charge is 0.223 e. The molecule has 20 heavy (non-hydrogen) atoms. The van der Waals surface area contributed by atoms with Crippen LogP contribution in [0.5, 0.6) is 5.75 Å². The number of rotatable bonds is 6. The standard InChI is InChI=1S/C16H22N2O2/c1-2-9-20-15-6-4-3-5-13(15)11-18-16(19)12-7-8-14(17)10-12/h2-6,12,14H,1,7-11,17H2,(H,18,19). The van der Waals surface area contributed by atoms with Crippen molar-refractivity contribution >= 4 is 5.91 Å². The first-order valence-corrected chi connectivity index (χ1v) is 7.05. The van der Waals surface area contributed by atoms with Gasteiger partial charge in [0.25, 0.3) is 0 Å². The maximum absolute atomic E-state index is 12.1. The fourth-order valence-electron chi connectivity index (χ4n) is 2.52. The molecular formula is C16H22N2O2. The van der Waals surface area contributed by atoms with E-state index in [1.807, 2.05) is 24.3 Å². The first kappa shape index (κ1) is 14.6. The number of nitrogens with two attached hydrogens (primary N) is 1. The molecule has 4 nitrogen and oxygen atoms in total. The summed E-state index contributed by atoms with van der Waals surface area (Å²) in [6.07, 6.45) is 4.33. The van der Waals surface area contributed by atoms with Gasteiger partial charge in [-0.3, -0.25) is 4.79 Å². The van der Waals surface area contributed by atoms with E-state index in [1.165, 1.54) is 0 Å². The van der Waals surface area contributed by atoms with Gasteiger partial charge in [0, 0.05) is 24.1 Å². The molecule has 1 fully saturated rings. The van der Waals surface area contributed by atoms with Gasteiger partial charge in [-0.2, -0.15) is 0 Å². The van der Waals surface area contributed by atoms with Crippen molar-refractivity contribution in [1.29, 1.82) is 0 Å². The van der Waals surface area contributed by atoms with Crippen LogP contribution in [-0.4, -0.2) is 18.6 Å². The van der Waals surface area contributed by atoms with Crippen LogP contribution in [0.3, 0.4) is 0 Å². The maximum atomic E-state index is 12.1. The van der Waals surface area contributed by atoms with Crippen molar-refractivity contribution in [3.8, 4) is 5.75 Å². The summed E-state index contributed by atoms with van der Waals surface area (Å²) in [5, 5.41) is 2.98. The van der Waals surface area contributed by atoms with Gasteiger partial charge in [0.05, 0.1) is 0 Å². The highest BCUT2D eigenvalue weighted by molar-refractivity contribution is 5.79. The van der Waals surface area contributed by atoms with Crippen LogP contribution in [0.1, 0.15) is 24.8 Å². The van der Waals surface area contributed by atoms with Gasteiger partial charge in [0.1, 0.15) is 12.4 Å². The number of ether oxygens (including phenoxy) is 1.